The van der Waals surface area contributed by atoms with Crippen molar-refractivity contribution in [2.45, 2.75) is 12.7 Å². The third-order valence-corrected chi connectivity index (χ3v) is 2.77. The quantitative estimate of drug-likeness (QED) is 0.790. The van der Waals surface area contributed by atoms with E-state index >= 15 is 0 Å². The lowest BCUT2D eigenvalue weighted by Gasteiger charge is -2.21. The summed E-state index contributed by atoms with van der Waals surface area (Å²) in [6.07, 6.45) is -0.695. The fourth-order valence-electron chi connectivity index (χ4n) is 1.88. The predicted molar refractivity (Wildman–Crippen MR) is 67.2 cm³/mol. The van der Waals surface area contributed by atoms with Crippen LogP contribution in [0.15, 0.2) is 30.6 Å². The van der Waals surface area contributed by atoms with Crippen molar-refractivity contribution in [3.63, 3.8) is 0 Å². The molecule has 0 fully saturated rings. The summed E-state index contributed by atoms with van der Waals surface area (Å²) in [5.74, 6) is 0.156. The first-order valence-corrected chi connectivity index (χ1v) is 6.29. The number of rotatable bonds is 5. The summed E-state index contributed by atoms with van der Waals surface area (Å²) in [4.78, 5) is 5.52. The second kappa shape index (κ2) is 5.79. The third kappa shape index (κ3) is 4.11. The topological polar surface area (TPSA) is 20.5 Å². The van der Waals surface area contributed by atoms with Crippen molar-refractivity contribution < 1.29 is 13.2 Å². The molecule has 104 valence electrons. The third-order valence-electron chi connectivity index (χ3n) is 2.60. The molecule has 7 heteroatoms. The van der Waals surface area contributed by atoms with Crippen LogP contribution in [0.1, 0.15) is 5.69 Å². The number of nitrogens with zero attached hydrogens (tertiary/aromatic N) is 3. The molecule has 0 spiro atoms. The molecule has 0 aromatic carbocycles. The van der Waals surface area contributed by atoms with Crippen LogP contribution in [0.4, 0.5) is 13.2 Å². The molecule has 0 aliphatic rings. The Morgan fingerprint density at radius 1 is 1.32 bits per heavy atom. The van der Waals surface area contributed by atoms with Crippen molar-refractivity contribution in [1.82, 2.24) is 14.3 Å². The summed E-state index contributed by atoms with van der Waals surface area (Å²) >= 11 is 5.54. The molecule has 0 aliphatic carbocycles. The van der Waals surface area contributed by atoms with Gasteiger partial charge in [0.25, 0.3) is 0 Å². The van der Waals surface area contributed by atoms with Crippen LogP contribution >= 0.6 is 11.6 Å². The normalized spacial score (nSPS) is 12.5. The first-order chi connectivity index (χ1) is 8.98. The average molecular weight is 292 g/mol. The summed E-state index contributed by atoms with van der Waals surface area (Å²) in [5, 5.41) is 0. The molecule has 0 aliphatic heterocycles. The van der Waals surface area contributed by atoms with E-state index in [2.05, 4.69) is 4.98 Å². The van der Waals surface area contributed by atoms with E-state index in [1.807, 2.05) is 18.3 Å². The van der Waals surface area contributed by atoms with Gasteiger partial charge < -0.3 is 4.40 Å². The van der Waals surface area contributed by atoms with Crippen LogP contribution in [-0.4, -0.2) is 39.4 Å². The molecule has 0 amide bonds. The smallest absolute Gasteiger partial charge is 0.307 e. The van der Waals surface area contributed by atoms with E-state index < -0.39 is 12.7 Å². The van der Waals surface area contributed by atoms with Crippen LogP contribution in [0.25, 0.3) is 5.65 Å². The minimum atomic E-state index is -4.23. The molecule has 0 unspecified atom stereocenters. The zero-order valence-electron chi connectivity index (χ0n) is 10.1. The zero-order chi connectivity index (χ0) is 13.9. The number of pyridine rings is 1. The molecule has 0 atom stereocenters. The van der Waals surface area contributed by atoms with Crippen LogP contribution in [-0.2, 0) is 6.54 Å². The Hall–Kier alpha value is -1.27. The van der Waals surface area contributed by atoms with Gasteiger partial charge in [0.2, 0.25) is 0 Å². The van der Waals surface area contributed by atoms with Crippen molar-refractivity contribution in [3.8, 4) is 0 Å². The number of hydrogen-bond acceptors (Lipinski definition) is 2. The van der Waals surface area contributed by atoms with E-state index in [1.54, 1.807) is 16.7 Å². The molecule has 0 saturated heterocycles. The Kier molecular flexibility index (Phi) is 4.31. The number of fused-ring (bicyclic) bond motifs is 1. The maximum Gasteiger partial charge on any atom is 0.401 e. The molecular weight excluding hydrogens is 279 g/mol. The Labute approximate surface area is 113 Å². The van der Waals surface area contributed by atoms with Gasteiger partial charge in [-0.25, -0.2) is 4.98 Å². The minimum Gasteiger partial charge on any atom is -0.307 e. The highest BCUT2D eigenvalue weighted by molar-refractivity contribution is 6.18. The number of halogens is 4. The first kappa shape index (κ1) is 14.1. The summed E-state index contributed by atoms with van der Waals surface area (Å²) in [6.45, 7) is -0.670. The Balaban J connectivity index is 2.11. The van der Waals surface area contributed by atoms with Crippen LogP contribution < -0.4 is 0 Å². The van der Waals surface area contributed by atoms with Crippen molar-refractivity contribution in [3.05, 3.63) is 36.3 Å². The molecule has 0 bridgehead atoms. The lowest BCUT2D eigenvalue weighted by Crippen LogP contribution is -2.35. The second-order valence-electron chi connectivity index (χ2n) is 4.21. The Morgan fingerprint density at radius 2 is 2.11 bits per heavy atom. The molecular formula is C12H13ClF3N3. The average Bonchev–Trinajstić information content (AvgIpc) is 2.69. The number of aromatic nitrogens is 2. The molecule has 2 aromatic rings. The van der Waals surface area contributed by atoms with Gasteiger partial charge >= 0.3 is 6.18 Å². The molecule has 3 nitrogen and oxygen atoms in total. The zero-order valence-corrected chi connectivity index (χ0v) is 10.8. The van der Waals surface area contributed by atoms with E-state index in [0.717, 1.165) is 5.65 Å². The largest absolute Gasteiger partial charge is 0.401 e. The highest BCUT2D eigenvalue weighted by atomic mass is 35.5. The first-order valence-electron chi connectivity index (χ1n) is 5.75. The van der Waals surface area contributed by atoms with Gasteiger partial charge in [-0.1, -0.05) is 6.07 Å². The van der Waals surface area contributed by atoms with Crippen molar-refractivity contribution in [1.29, 1.82) is 0 Å². The van der Waals surface area contributed by atoms with Gasteiger partial charge in [-0.15, -0.1) is 11.6 Å². The van der Waals surface area contributed by atoms with Crippen molar-refractivity contribution >= 4 is 17.2 Å². The standard InChI is InChI=1S/C12H13ClF3N3/c13-4-6-18(9-12(14,15)16)7-10-8-19-5-2-1-3-11(19)17-10/h1-3,5,8H,4,6-7,9H2. The van der Waals surface area contributed by atoms with Gasteiger partial charge in [0.1, 0.15) is 5.65 Å². The van der Waals surface area contributed by atoms with Gasteiger partial charge in [0.05, 0.1) is 12.2 Å². The fourth-order valence-corrected chi connectivity index (χ4v) is 2.12. The van der Waals surface area contributed by atoms with E-state index in [9.17, 15) is 13.2 Å². The van der Waals surface area contributed by atoms with E-state index in [0.29, 0.717) is 5.69 Å². The predicted octanol–water partition coefficient (Wildman–Crippen LogP) is 2.94. The molecule has 0 N–H and O–H groups in total. The summed E-state index contributed by atoms with van der Waals surface area (Å²) in [5.41, 5.74) is 1.32. The highest BCUT2D eigenvalue weighted by Crippen LogP contribution is 2.18. The van der Waals surface area contributed by atoms with Crippen molar-refractivity contribution in [2.75, 3.05) is 19.0 Å². The van der Waals surface area contributed by atoms with E-state index in [-0.39, 0.29) is 19.0 Å². The van der Waals surface area contributed by atoms with E-state index in [1.165, 1.54) is 4.90 Å². The SMILES string of the molecule is FC(F)(F)CN(CCCl)Cc1cn2ccccc2n1. The van der Waals surface area contributed by atoms with Gasteiger partial charge in [0.15, 0.2) is 0 Å². The van der Waals surface area contributed by atoms with Crippen LogP contribution in [0, 0.1) is 0 Å². The lowest BCUT2D eigenvalue weighted by atomic mass is 10.4. The summed E-state index contributed by atoms with van der Waals surface area (Å²) < 4.78 is 39.1. The number of alkyl halides is 4. The van der Waals surface area contributed by atoms with Gasteiger partial charge in [-0.2, -0.15) is 13.2 Å². The Morgan fingerprint density at radius 3 is 2.74 bits per heavy atom. The number of hydrogen-bond donors (Lipinski definition) is 0. The molecule has 2 heterocycles. The second-order valence-corrected chi connectivity index (χ2v) is 4.59. The summed E-state index contributed by atoms with van der Waals surface area (Å²) in [6, 6.07) is 5.47. The van der Waals surface area contributed by atoms with Crippen LogP contribution in [0.3, 0.4) is 0 Å². The molecule has 0 saturated carbocycles. The van der Waals surface area contributed by atoms with Crippen LogP contribution in [0.2, 0.25) is 0 Å². The monoisotopic (exact) mass is 291 g/mol. The van der Waals surface area contributed by atoms with E-state index in [4.69, 9.17) is 11.6 Å². The molecule has 2 aromatic heterocycles. The van der Waals surface area contributed by atoms with Crippen molar-refractivity contribution in [2.24, 2.45) is 0 Å². The summed E-state index contributed by atoms with van der Waals surface area (Å²) in [7, 11) is 0. The Bertz CT molecular complexity index is 505. The maximum absolute atomic E-state index is 12.4. The number of imidazole rings is 1. The molecule has 0 radical (unpaired) electrons. The molecule has 2 rings (SSSR count). The van der Waals surface area contributed by atoms with Gasteiger partial charge in [0, 0.05) is 31.4 Å². The maximum atomic E-state index is 12.4. The van der Waals surface area contributed by atoms with Crippen LogP contribution in [0.5, 0.6) is 0 Å². The highest BCUT2D eigenvalue weighted by Gasteiger charge is 2.30. The fraction of sp³-hybridized carbons (Fsp3) is 0.417. The van der Waals surface area contributed by atoms with Gasteiger partial charge in [-0.3, -0.25) is 4.90 Å². The minimum absolute atomic E-state index is 0.133. The lowest BCUT2D eigenvalue weighted by molar-refractivity contribution is -0.146. The molecule has 19 heavy (non-hydrogen) atoms. The van der Waals surface area contributed by atoms with Gasteiger partial charge in [-0.05, 0) is 12.1 Å².